The molecule has 3 aromatic carbocycles. The summed E-state index contributed by atoms with van der Waals surface area (Å²) in [5, 5.41) is 0.0892. The summed E-state index contributed by atoms with van der Waals surface area (Å²) in [4.78, 5) is 30.5. The second kappa shape index (κ2) is 11.3. The smallest absolute Gasteiger partial charge is 0.339 e. The maximum Gasteiger partial charge on any atom is 0.339 e. The van der Waals surface area contributed by atoms with Gasteiger partial charge in [-0.2, -0.15) is 8.42 Å². The van der Waals surface area contributed by atoms with E-state index >= 15 is 0 Å². The Kier molecular flexibility index (Phi) is 7.85. The summed E-state index contributed by atoms with van der Waals surface area (Å²) in [6.07, 6.45) is 2.11. The Morgan fingerprint density at radius 2 is 1.36 bits per heavy atom. The van der Waals surface area contributed by atoms with Gasteiger partial charge in [-0.3, -0.25) is 9.59 Å². The van der Waals surface area contributed by atoms with E-state index in [0.29, 0.717) is 48.9 Å². The molecule has 45 heavy (non-hydrogen) atoms. The first-order chi connectivity index (χ1) is 21.1. The summed E-state index contributed by atoms with van der Waals surface area (Å²) in [6.45, 7) is 10.9. The number of carbonyl (C=O) groups excluding carboxylic acids is 2. The van der Waals surface area contributed by atoms with Crippen molar-refractivity contribution in [2.45, 2.75) is 77.7 Å². The SMILES string of the molecule is Cc1ccc(S(=O)(=O)Oc2ccc(C3C4=C(CC(C)(C)CC4=O)N(Cc4ccccc4)C4=C3C(=O)CC(C)(C)C4)cc2Cl)cc1. The molecule has 8 heteroatoms. The van der Waals surface area contributed by atoms with Gasteiger partial charge in [0.2, 0.25) is 0 Å². The Balaban J connectivity index is 1.48. The van der Waals surface area contributed by atoms with Crippen molar-refractivity contribution in [3.63, 3.8) is 0 Å². The average Bonchev–Trinajstić information content (AvgIpc) is 2.94. The van der Waals surface area contributed by atoms with E-state index in [4.69, 9.17) is 15.8 Å². The van der Waals surface area contributed by atoms with Crippen molar-refractivity contribution in [3.05, 3.63) is 117 Å². The highest BCUT2D eigenvalue weighted by Gasteiger charge is 2.49. The number of hydrogen-bond donors (Lipinski definition) is 0. The molecule has 3 aromatic rings. The molecule has 0 aromatic heterocycles. The normalized spacial score (nSPS) is 19.8. The van der Waals surface area contributed by atoms with Crippen molar-refractivity contribution in [1.82, 2.24) is 4.90 Å². The maximum atomic E-state index is 14.1. The Morgan fingerprint density at radius 1 is 0.800 bits per heavy atom. The predicted octanol–water partition coefficient (Wildman–Crippen LogP) is 8.30. The zero-order chi connectivity index (χ0) is 32.3. The third kappa shape index (κ3) is 6.12. The van der Waals surface area contributed by atoms with Crippen molar-refractivity contribution in [2.24, 2.45) is 10.8 Å². The summed E-state index contributed by atoms with van der Waals surface area (Å²) < 4.78 is 31.5. The maximum absolute atomic E-state index is 14.1. The number of Topliss-reactive ketones (excluding diaryl/α,β-unsaturated/α-hetero) is 2. The molecular formula is C37H38ClNO5S. The van der Waals surface area contributed by atoms with E-state index in [9.17, 15) is 18.0 Å². The molecule has 2 aliphatic carbocycles. The molecule has 3 aliphatic rings. The molecule has 6 nitrogen and oxygen atoms in total. The molecule has 0 radical (unpaired) electrons. The van der Waals surface area contributed by atoms with Gasteiger partial charge < -0.3 is 9.08 Å². The van der Waals surface area contributed by atoms with Gasteiger partial charge in [0.1, 0.15) is 4.90 Å². The molecule has 0 atom stereocenters. The predicted molar refractivity (Wildman–Crippen MR) is 175 cm³/mol. The van der Waals surface area contributed by atoms with Crippen molar-refractivity contribution in [3.8, 4) is 5.75 Å². The highest BCUT2D eigenvalue weighted by atomic mass is 35.5. The topological polar surface area (TPSA) is 80.8 Å². The zero-order valence-electron chi connectivity index (χ0n) is 26.3. The lowest BCUT2D eigenvalue weighted by atomic mass is 9.63. The van der Waals surface area contributed by atoms with E-state index in [1.807, 2.05) is 25.1 Å². The van der Waals surface area contributed by atoms with E-state index < -0.39 is 16.0 Å². The van der Waals surface area contributed by atoms with Crippen molar-refractivity contribution < 1.29 is 22.2 Å². The fraction of sp³-hybridized carbons (Fsp3) is 0.351. The molecule has 1 heterocycles. The lowest BCUT2D eigenvalue weighted by molar-refractivity contribution is -0.119. The minimum absolute atomic E-state index is 0.0156. The van der Waals surface area contributed by atoms with Gasteiger partial charge in [-0.15, -0.1) is 0 Å². The number of aryl methyl sites for hydroxylation is 1. The van der Waals surface area contributed by atoms with Gasteiger partial charge >= 0.3 is 10.1 Å². The monoisotopic (exact) mass is 643 g/mol. The summed E-state index contributed by atoms with van der Waals surface area (Å²) in [5.74, 6) is -0.577. The first kappa shape index (κ1) is 31.3. The van der Waals surface area contributed by atoms with Crippen LogP contribution in [0.2, 0.25) is 5.02 Å². The van der Waals surface area contributed by atoms with Gasteiger partial charge in [0.25, 0.3) is 0 Å². The van der Waals surface area contributed by atoms with Gasteiger partial charge in [-0.25, -0.2) is 0 Å². The first-order valence-electron chi connectivity index (χ1n) is 15.3. The Hall–Kier alpha value is -3.68. The van der Waals surface area contributed by atoms with Gasteiger partial charge in [0.15, 0.2) is 17.3 Å². The molecule has 0 amide bonds. The van der Waals surface area contributed by atoms with Crippen LogP contribution in [0.25, 0.3) is 0 Å². The van der Waals surface area contributed by atoms with Crippen LogP contribution >= 0.6 is 11.6 Å². The number of allylic oxidation sites excluding steroid dienone is 4. The van der Waals surface area contributed by atoms with E-state index in [1.165, 1.54) is 18.2 Å². The molecule has 0 bridgehead atoms. The number of nitrogens with zero attached hydrogens (tertiary/aromatic N) is 1. The van der Waals surface area contributed by atoms with Gasteiger partial charge in [-0.05, 0) is 66.0 Å². The van der Waals surface area contributed by atoms with E-state index in [0.717, 1.165) is 22.5 Å². The third-order valence-electron chi connectivity index (χ3n) is 9.00. The Bertz CT molecular complexity index is 1820. The van der Waals surface area contributed by atoms with Crippen LogP contribution in [0.15, 0.2) is 100 Å². The van der Waals surface area contributed by atoms with Crippen LogP contribution in [-0.2, 0) is 26.3 Å². The van der Waals surface area contributed by atoms with Crippen LogP contribution in [0.3, 0.4) is 0 Å². The number of rotatable bonds is 6. The van der Waals surface area contributed by atoms with E-state index in [-0.39, 0.29) is 38.1 Å². The van der Waals surface area contributed by atoms with Crippen LogP contribution < -0.4 is 4.18 Å². The molecule has 0 fully saturated rings. The molecule has 6 rings (SSSR count). The lowest BCUT2D eigenvalue weighted by Crippen LogP contribution is -2.44. The number of ketones is 2. The van der Waals surface area contributed by atoms with Crippen LogP contribution in [0.5, 0.6) is 5.75 Å². The third-order valence-corrected chi connectivity index (χ3v) is 10.5. The van der Waals surface area contributed by atoms with E-state index in [2.05, 4.69) is 44.7 Å². The minimum atomic E-state index is -4.13. The fourth-order valence-electron chi connectivity index (χ4n) is 6.97. The summed E-state index contributed by atoms with van der Waals surface area (Å²) >= 11 is 6.72. The van der Waals surface area contributed by atoms with Gasteiger partial charge in [0, 0.05) is 47.8 Å². The minimum Gasteiger partial charge on any atom is -0.377 e. The quantitative estimate of drug-likeness (QED) is 0.251. The zero-order valence-corrected chi connectivity index (χ0v) is 27.9. The fourth-order valence-corrected chi connectivity index (χ4v) is 8.19. The van der Waals surface area contributed by atoms with Gasteiger partial charge in [-0.1, -0.05) is 93.4 Å². The summed E-state index contributed by atoms with van der Waals surface area (Å²) in [6, 6.07) is 21.4. The van der Waals surface area contributed by atoms with Crippen molar-refractivity contribution in [1.29, 1.82) is 0 Å². The molecule has 0 saturated carbocycles. The van der Waals surface area contributed by atoms with E-state index in [1.54, 1.807) is 24.3 Å². The lowest BCUT2D eigenvalue weighted by Gasteiger charge is -2.49. The molecule has 234 valence electrons. The van der Waals surface area contributed by atoms with Crippen molar-refractivity contribution in [2.75, 3.05) is 0 Å². The van der Waals surface area contributed by atoms with Crippen LogP contribution in [0.1, 0.15) is 76.0 Å². The Morgan fingerprint density at radius 3 is 1.89 bits per heavy atom. The first-order valence-corrected chi connectivity index (χ1v) is 17.1. The highest BCUT2D eigenvalue weighted by molar-refractivity contribution is 7.87. The van der Waals surface area contributed by atoms with Crippen LogP contribution in [0.4, 0.5) is 0 Å². The molecule has 1 aliphatic heterocycles. The number of halogens is 1. The molecule has 0 spiro atoms. The van der Waals surface area contributed by atoms with Crippen LogP contribution in [0, 0.1) is 17.8 Å². The van der Waals surface area contributed by atoms with Crippen molar-refractivity contribution >= 4 is 33.3 Å². The van der Waals surface area contributed by atoms with Gasteiger partial charge in [0.05, 0.1) is 5.02 Å². The number of benzene rings is 3. The largest absolute Gasteiger partial charge is 0.377 e. The highest BCUT2D eigenvalue weighted by Crippen LogP contribution is 2.55. The average molecular weight is 644 g/mol. The molecule has 0 saturated heterocycles. The number of hydrogen-bond acceptors (Lipinski definition) is 6. The Labute approximate surface area is 270 Å². The second-order valence-corrected chi connectivity index (χ2v) is 16.1. The second-order valence-electron chi connectivity index (χ2n) is 14.1. The van der Waals surface area contributed by atoms with Crippen LogP contribution in [-0.4, -0.2) is 24.9 Å². The number of carbonyl (C=O) groups is 2. The molecule has 0 unspecified atom stereocenters. The molecule has 0 N–H and O–H groups in total. The summed E-state index contributed by atoms with van der Waals surface area (Å²) in [5.41, 5.74) is 5.36. The summed E-state index contributed by atoms with van der Waals surface area (Å²) in [7, 11) is -4.13. The molecular weight excluding hydrogens is 606 g/mol. The standard InChI is InChI=1S/C37H38ClNO5S/c1-23-11-14-26(15-12-23)45(42,43)44-32-16-13-25(17-27(32)38)33-34-28(18-36(2,3)20-30(34)40)39(22-24-9-7-6-8-10-24)29-19-37(4,5)21-31(41)35(29)33/h6-17,33H,18-22H2,1-5H3.